The van der Waals surface area contributed by atoms with E-state index in [1.54, 1.807) is 6.92 Å². The summed E-state index contributed by atoms with van der Waals surface area (Å²) >= 11 is 18.7. The molecule has 0 unspecified atom stereocenters. The molecule has 2 aromatic rings. The van der Waals surface area contributed by atoms with Crippen molar-refractivity contribution in [1.29, 1.82) is 5.26 Å². The summed E-state index contributed by atoms with van der Waals surface area (Å²) in [5.41, 5.74) is 5.86. The van der Waals surface area contributed by atoms with Crippen molar-refractivity contribution in [2.45, 2.75) is 13.5 Å². The number of rotatable bonds is 5. The molecule has 0 aliphatic rings. The number of nitrogens with two attached hydrogens (primary N) is 1. The Balaban J connectivity index is 2.33. The first-order valence-electron chi connectivity index (χ1n) is 7.10. The van der Waals surface area contributed by atoms with Crippen LogP contribution in [0, 0.1) is 11.3 Å². The molecule has 1 heterocycles. The number of nitrogens with zero attached hydrogens (tertiary/aromatic N) is 1. The largest absolute Gasteiger partial charge is 0.462 e. The lowest BCUT2D eigenvalue weighted by Crippen LogP contribution is -2.11. The van der Waals surface area contributed by atoms with Gasteiger partial charge in [0.15, 0.2) is 0 Å². The van der Waals surface area contributed by atoms with Crippen LogP contribution < -0.4 is 5.73 Å². The minimum atomic E-state index is -0.856. The van der Waals surface area contributed by atoms with Gasteiger partial charge in [-0.25, -0.2) is 9.59 Å². The van der Waals surface area contributed by atoms with Gasteiger partial charge < -0.3 is 15.2 Å². The zero-order valence-electron chi connectivity index (χ0n) is 13.3. The zero-order valence-corrected chi connectivity index (χ0v) is 16.4. The van der Waals surface area contributed by atoms with Gasteiger partial charge in [-0.1, -0.05) is 34.8 Å². The summed E-state index contributed by atoms with van der Waals surface area (Å²) in [6.45, 7) is 1.40. The minimum absolute atomic E-state index is 0.0501. The van der Waals surface area contributed by atoms with Crippen molar-refractivity contribution in [2.24, 2.45) is 0 Å². The number of hydrogen-bond acceptors (Lipinski definition) is 7. The van der Waals surface area contributed by atoms with Crippen LogP contribution in [0.15, 0.2) is 12.1 Å². The molecule has 0 bridgehead atoms. The summed E-state index contributed by atoms with van der Waals surface area (Å²) in [5.74, 6) is -1.51. The van der Waals surface area contributed by atoms with Crippen LogP contribution in [0.4, 0.5) is 5.00 Å². The topological polar surface area (TPSA) is 102 Å². The van der Waals surface area contributed by atoms with E-state index in [1.165, 1.54) is 12.1 Å². The molecule has 2 rings (SSSR count). The summed E-state index contributed by atoms with van der Waals surface area (Å²) in [7, 11) is 0. The van der Waals surface area contributed by atoms with Gasteiger partial charge in [0, 0.05) is 5.56 Å². The minimum Gasteiger partial charge on any atom is -0.462 e. The van der Waals surface area contributed by atoms with Gasteiger partial charge in [-0.15, -0.1) is 11.3 Å². The molecule has 26 heavy (non-hydrogen) atoms. The number of ether oxygens (including phenoxy) is 2. The Morgan fingerprint density at radius 1 is 1.19 bits per heavy atom. The van der Waals surface area contributed by atoms with E-state index in [4.69, 9.17) is 50.0 Å². The maximum absolute atomic E-state index is 12.3. The van der Waals surface area contributed by atoms with Crippen LogP contribution in [0.5, 0.6) is 0 Å². The molecule has 6 nitrogen and oxygen atoms in total. The zero-order chi connectivity index (χ0) is 19.4. The van der Waals surface area contributed by atoms with E-state index in [2.05, 4.69) is 0 Å². The van der Waals surface area contributed by atoms with Crippen molar-refractivity contribution in [3.63, 3.8) is 0 Å². The van der Waals surface area contributed by atoms with Crippen LogP contribution in [0.1, 0.15) is 38.1 Å². The normalized spacial score (nSPS) is 10.3. The molecule has 0 atom stereocenters. The summed E-state index contributed by atoms with van der Waals surface area (Å²) in [6, 6.07) is 4.73. The monoisotopic (exact) mass is 432 g/mol. The summed E-state index contributed by atoms with van der Waals surface area (Å²) in [6.07, 6.45) is 0. The third-order valence-corrected chi connectivity index (χ3v) is 5.36. The van der Waals surface area contributed by atoms with Crippen molar-refractivity contribution in [1.82, 2.24) is 0 Å². The maximum atomic E-state index is 12.3. The third-order valence-electron chi connectivity index (χ3n) is 3.20. The SMILES string of the molecule is CCOC(=O)c1sc(N)c(C#N)c1COC(=O)c1c(Cl)ccc(Cl)c1Cl. The number of thiophene rings is 1. The number of benzene rings is 1. The summed E-state index contributed by atoms with van der Waals surface area (Å²) in [4.78, 5) is 24.5. The van der Waals surface area contributed by atoms with E-state index in [-0.39, 0.29) is 54.9 Å². The number of anilines is 1. The Bertz CT molecular complexity index is 921. The molecule has 0 aliphatic carbocycles. The van der Waals surface area contributed by atoms with Crippen molar-refractivity contribution >= 4 is 63.1 Å². The van der Waals surface area contributed by atoms with Gasteiger partial charge in [-0.2, -0.15) is 5.26 Å². The lowest BCUT2D eigenvalue weighted by atomic mass is 10.1. The Morgan fingerprint density at radius 2 is 1.85 bits per heavy atom. The summed E-state index contributed by atoms with van der Waals surface area (Å²) < 4.78 is 10.1. The van der Waals surface area contributed by atoms with Gasteiger partial charge in [0.1, 0.15) is 22.6 Å². The van der Waals surface area contributed by atoms with Gasteiger partial charge in [-0.05, 0) is 19.1 Å². The van der Waals surface area contributed by atoms with Crippen molar-refractivity contribution < 1.29 is 19.1 Å². The van der Waals surface area contributed by atoms with E-state index in [1.807, 2.05) is 6.07 Å². The molecule has 1 aromatic heterocycles. The number of carbonyl (C=O) groups excluding carboxylic acids is 2. The highest BCUT2D eigenvalue weighted by atomic mass is 35.5. The van der Waals surface area contributed by atoms with Gasteiger partial charge in [0.05, 0.1) is 32.8 Å². The Hall–Kier alpha value is -1.98. The van der Waals surface area contributed by atoms with Crippen LogP contribution in [-0.4, -0.2) is 18.5 Å². The lowest BCUT2D eigenvalue weighted by molar-refractivity contribution is 0.0453. The molecular weight excluding hydrogens is 423 g/mol. The van der Waals surface area contributed by atoms with Crippen LogP contribution in [0.3, 0.4) is 0 Å². The van der Waals surface area contributed by atoms with E-state index >= 15 is 0 Å². The second-order valence-corrected chi connectivity index (χ2v) is 7.02. The smallest absolute Gasteiger partial charge is 0.348 e. The maximum Gasteiger partial charge on any atom is 0.348 e. The molecule has 136 valence electrons. The van der Waals surface area contributed by atoms with Crippen molar-refractivity contribution in [2.75, 3.05) is 12.3 Å². The van der Waals surface area contributed by atoms with Gasteiger partial charge in [0.2, 0.25) is 0 Å². The van der Waals surface area contributed by atoms with E-state index in [0.29, 0.717) is 0 Å². The fourth-order valence-corrected chi connectivity index (χ4v) is 3.63. The predicted molar refractivity (Wildman–Crippen MR) is 100.0 cm³/mol. The predicted octanol–water partition coefficient (Wildman–Crippen LogP) is 4.70. The number of nitriles is 1. The van der Waals surface area contributed by atoms with E-state index in [0.717, 1.165) is 11.3 Å². The highest BCUT2D eigenvalue weighted by molar-refractivity contribution is 7.18. The molecule has 0 amide bonds. The first-order chi connectivity index (χ1) is 12.3. The quantitative estimate of drug-likeness (QED) is 0.542. The molecular formula is C16H11Cl3N2O4S. The van der Waals surface area contributed by atoms with E-state index < -0.39 is 11.9 Å². The number of nitrogen functional groups attached to an aromatic ring is 1. The fourth-order valence-electron chi connectivity index (χ4n) is 2.03. The number of carbonyl (C=O) groups is 2. The molecule has 10 heteroatoms. The second-order valence-electron chi connectivity index (χ2n) is 4.78. The van der Waals surface area contributed by atoms with Gasteiger partial charge in [-0.3, -0.25) is 0 Å². The second kappa shape index (κ2) is 8.60. The molecule has 1 aromatic carbocycles. The van der Waals surface area contributed by atoms with E-state index in [9.17, 15) is 14.9 Å². The first-order valence-corrected chi connectivity index (χ1v) is 9.05. The Kier molecular flexibility index (Phi) is 6.73. The van der Waals surface area contributed by atoms with Crippen molar-refractivity contribution in [3.8, 4) is 6.07 Å². The average Bonchev–Trinajstić information content (AvgIpc) is 2.92. The third kappa shape index (κ3) is 4.05. The van der Waals surface area contributed by atoms with Crippen LogP contribution in [-0.2, 0) is 16.1 Å². The van der Waals surface area contributed by atoms with Gasteiger partial charge >= 0.3 is 11.9 Å². The lowest BCUT2D eigenvalue weighted by Gasteiger charge is -2.09. The molecule has 0 fully saturated rings. The highest BCUT2D eigenvalue weighted by Gasteiger charge is 2.25. The average molecular weight is 434 g/mol. The Morgan fingerprint density at radius 3 is 2.46 bits per heavy atom. The molecule has 0 aliphatic heterocycles. The molecule has 0 saturated heterocycles. The van der Waals surface area contributed by atoms with Crippen LogP contribution in [0.25, 0.3) is 0 Å². The van der Waals surface area contributed by atoms with Gasteiger partial charge in [0.25, 0.3) is 0 Å². The number of halogens is 3. The number of hydrogen-bond donors (Lipinski definition) is 1. The van der Waals surface area contributed by atoms with Crippen molar-refractivity contribution in [3.05, 3.63) is 48.8 Å². The number of esters is 2. The summed E-state index contributed by atoms with van der Waals surface area (Å²) in [5, 5.41) is 9.51. The Labute approximate surface area is 168 Å². The first kappa shape index (κ1) is 20.3. The molecule has 0 spiro atoms. The molecule has 2 N–H and O–H groups in total. The fraction of sp³-hybridized carbons (Fsp3) is 0.188. The standard InChI is InChI=1S/C16H11Cl3N2O4S/c1-2-24-16(23)13-8(7(5-20)14(21)26-13)6-25-15(22)11-9(17)3-4-10(18)12(11)19/h3-4H,2,6,21H2,1H3. The molecule has 0 radical (unpaired) electrons. The molecule has 0 saturated carbocycles. The van der Waals surface area contributed by atoms with Crippen LogP contribution in [0.2, 0.25) is 15.1 Å². The highest BCUT2D eigenvalue weighted by Crippen LogP contribution is 2.34. The van der Waals surface area contributed by atoms with Crippen LogP contribution >= 0.6 is 46.1 Å².